The Morgan fingerprint density at radius 2 is 2.27 bits per heavy atom. The Morgan fingerprint density at radius 3 is 2.80 bits per heavy atom. The number of piperazine rings is 1. The predicted molar refractivity (Wildman–Crippen MR) is 67.1 cm³/mol. The first kappa shape index (κ1) is 12.7. The van der Waals surface area contributed by atoms with Gasteiger partial charge in [-0.05, 0) is 19.8 Å². The van der Waals surface area contributed by atoms with Gasteiger partial charge in [0.2, 0.25) is 0 Å². The normalized spacial score (nSPS) is 30.1. The van der Waals surface area contributed by atoms with Gasteiger partial charge in [-0.25, -0.2) is 0 Å². The van der Waals surface area contributed by atoms with E-state index >= 15 is 0 Å². The van der Waals surface area contributed by atoms with Crippen molar-refractivity contribution in [1.29, 1.82) is 0 Å². The molecule has 0 aliphatic carbocycles. The van der Waals surface area contributed by atoms with Gasteiger partial charge in [-0.3, -0.25) is 4.90 Å². The Bertz CT molecular complexity index is 191. The van der Waals surface area contributed by atoms with Crippen molar-refractivity contribution in [3.8, 4) is 0 Å². The van der Waals surface area contributed by atoms with Gasteiger partial charge in [0.1, 0.15) is 0 Å². The highest BCUT2D eigenvalue weighted by Gasteiger charge is 2.28. The van der Waals surface area contributed by atoms with Crippen LogP contribution in [-0.4, -0.2) is 36.1 Å². The highest BCUT2D eigenvalue weighted by molar-refractivity contribution is 4.93. The molecule has 2 heteroatoms. The lowest BCUT2D eigenvalue weighted by Crippen LogP contribution is -2.58. The van der Waals surface area contributed by atoms with E-state index in [4.69, 9.17) is 0 Å². The molecule has 1 N–H and O–H groups in total. The summed E-state index contributed by atoms with van der Waals surface area (Å²) in [5.74, 6) is 0. The molecular formula is C13H26N2. The van der Waals surface area contributed by atoms with E-state index in [9.17, 15) is 0 Å². The zero-order chi connectivity index (χ0) is 11.3. The molecule has 0 aromatic rings. The van der Waals surface area contributed by atoms with Crippen LogP contribution in [-0.2, 0) is 0 Å². The van der Waals surface area contributed by atoms with E-state index in [1.54, 1.807) is 0 Å². The van der Waals surface area contributed by atoms with Crippen LogP contribution in [0.4, 0.5) is 0 Å². The number of rotatable bonds is 5. The molecule has 1 aliphatic heterocycles. The first-order valence-electron chi connectivity index (χ1n) is 6.34. The third-order valence-corrected chi connectivity index (χ3v) is 3.51. The van der Waals surface area contributed by atoms with Crippen LogP contribution in [0.15, 0.2) is 12.7 Å². The molecule has 0 radical (unpaired) electrons. The fraction of sp³-hybridized carbons (Fsp3) is 0.846. The summed E-state index contributed by atoms with van der Waals surface area (Å²) in [6.07, 6.45) is 5.85. The molecule has 0 aromatic carbocycles. The Hall–Kier alpha value is -0.340. The van der Waals surface area contributed by atoms with Gasteiger partial charge in [0.25, 0.3) is 0 Å². The van der Waals surface area contributed by atoms with E-state index in [2.05, 4.69) is 43.6 Å². The first-order valence-corrected chi connectivity index (χ1v) is 6.34. The number of nitrogens with zero attached hydrogens (tertiary/aromatic N) is 1. The SMILES string of the molecule is C=CC(C)N1CC(CCC)NCC1CC. The maximum absolute atomic E-state index is 3.91. The van der Waals surface area contributed by atoms with Crippen LogP contribution < -0.4 is 5.32 Å². The largest absolute Gasteiger partial charge is 0.311 e. The molecule has 88 valence electrons. The lowest BCUT2D eigenvalue weighted by molar-refractivity contribution is 0.102. The topological polar surface area (TPSA) is 15.3 Å². The molecule has 2 nitrogen and oxygen atoms in total. The average molecular weight is 210 g/mol. The molecule has 0 aromatic heterocycles. The summed E-state index contributed by atoms with van der Waals surface area (Å²) >= 11 is 0. The fourth-order valence-electron chi connectivity index (χ4n) is 2.44. The molecular weight excluding hydrogens is 184 g/mol. The summed E-state index contributed by atoms with van der Waals surface area (Å²) in [4.78, 5) is 2.60. The molecule has 0 saturated carbocycles. The smallest absolute Gasteiger partial charge is 0.0251 e. The summed E-state index contributed by atoms with van der Waals surface area (Å²) in [5, 5.41) is 3.65. The van der Waals surface area contributed by atoms with Crippen LogP contribution in [0.25, 0.3) is 0 Å². The number of hydrogen-bond acceptors (Lipinski definition) is 2. The van der Waals surface area contributed by atoms with E-state index in [1.165, 1.54) is 25.8 Å². The molecule has 15 heavy (non-hydrogen) atoms. The van der Waals surface area contributed by atoms with Crippen LogP contribution in [0.5, 0.6) is 0 Å². The Balaban J connectivity index is 2.56. The van der Waals surface area contributed by atoms with E-state index in [1.807, 2.05) is 0 Å². The molecule has 1 aliphatic rings. The second kappa shape index (κ2) is 6.29. The molecule has 0 spiro atoms. The van der Waals surface area contributed by atoms with Gasteiger partial charge >= 0.3 is 0 Å². The van der Waals surface area contributed by atoms with Gasteiger partial charge in [0, 0.05) is 31.2 Å². The van der Waals surface area contributed by atoms with Crippen molar-refractivity contribution in [2.45, 2.75) is 58.2 Å². The van der Waals surface area contributed by atoms with Crippen molar-refractivity contribution in [3.63, 3.8) is 0 Å². The van der Waals surface area contributed by atoms with Crippen molar-refractivity contribution in [1.82, 2.24) is 10.2 Å². The van der Waals surface area contributed by atoms with Gasteiger partial charge < -0.3 is 5.32 Å². The highest BCUT2D eigenvalue weighted by Crippen LogP contribution is 2.16. The minimum absolute atomic E-state index is 0.511. The van der Waals surface area contributed by atoms with Crippen molar-refractivity contribution >= 4 is 0 Å². The Kier molecular flexibility index (Phi) is 5.34. The van der Waals surface area contributed by atoms with Crippen molar-refractivity contribution < 1.29 is 0 Å². The van der Waals surface area contributed by atoms with E-state index in [0.717, 1.165) is 6.54 Å². The number of hydrogen-bond donors (Lipinski definition) is 1. The summed E-state index contributed by atoms with van der Waals surface area (Å²) in [6.45, 7) is 13.0. The second-order valence-electron chi connectivity index (χ2n) is 4.63. The number of nitrogens with one attached hydrogen (secondary N) is 1. The van der Waals surface area contributed by atoms with Crippen molar-refractivity contribution in [3.05, 3.63) is 12.7 Å². The summed E-state index contributed by atoms with van der Waals surface area (Å²) < 4.78 is 0. The zero-order valence-electron chi connectivity index (χ0n) is 10.5. The van der Waals surface area contributed by atoms with Crippen LogP contribution in [0.2, 0.25) is 0 Å². The minimum atomic E-state index is 0.511. The molecule has 3 unspecified atom stereocenters. The highest BCUT2D eigenvalue weighted by atomic mass is 15.2. The zero-order valence-corrected chi connectivity index (χ0v) is 10.5. The molecule has 1 heterocycles. The van der Waals surface area contributed by atoms with Gasteiger partial charge in [-0.2, -0.15) is 0 Å². The fourth-order valence-corrected chi connectivity index (χ4v) is 2.44. The van der Waals surface area contributed by atoms with Crippen molar-refractivity contribution in [2.24, 2.45) is 0 Å². The average Bonchev–Trinajstić information content (AvgIpc) is 2.28. The standard InChI is InChI=1S/C13H26N2/c1-5-8-12-10-15(11(4)6-2)13(7-3)9-14-12/h6,11-14H,2,5,7-10H2,1,3-4H3. The monoisotopic (exact) mass is 210 g/mol. The van der Waals surface area contributed by atoms with Gasteiger partial charge in [-0.15, -0.1) is 6.58 Å². The summed E-state index contributed by atoms with van der Waals surface area (Å²) in [6, 6.07) is 1.88. The Morgan fingerprint density at radius 1 is 1.53 bits per heavy atom. The maximum Gasteiger partial charge on any atom is 0.0251 e. The Labute approximate surface area is 94.7 Å². The second-order valence-corrected chi connectivity index (χ2v) is 4.63. The van der Waals surface area contributed by atoms with Gasteiger partial charge in [-0.1, -0.05) is 26.3 Å². The molecule has 1 saturated heterocycles. The van der Waals surface area contributed by atoms with Gasteiger partial charge in [0.05, 0.1) is 0 Å². The summed E-state index contributed by atoms with van der Waals surface area (Å²) in [7, 11) is 0. The summed E-state index contributed by atoms with van der Waals surface area (Å²) in [5.41, 5.74) is 0. The molecule has 1 rings (SSSR count). The van der Waals surface area contributed by atoms with Crippen LogP contribution >= 0.6 is 0 Å². The minimum Gasteiger partial charge on any atom is -0.311 e. The third-order valence-electron chi connectivity index (χ3n) is 3.51. The van der Waals surface area contributed by atoms with Crippen molar-refractivity contribution in [2.75, 3.05) is 13.1 Å². The quantitative estimate of drug-likeness (QED) is 0.701. The lowest BCUT2D eigenvalue weighted by Gasteiger charge is -2.42. The third kappa shape index (κ3) is 3.32. The lowest BCUT2D eigenvalue weighted by atomic mass is 10.0. The van der Waals surface area contributed by atoms with E-state index < -0.39 is 0 Å². The maximum atomic E-state index is 3.91. The molecule has 1 fully saturated rings. The van der Waals surface area contributed by atoms with E-state index in [0.29, 0.717) is 18.1 Å². The molecule has 3 atom stereocenters. The van der Waals surface area contributed by atoms with Crippen LogP contribution in [0, 0.1) is 0 Å². The predicted octanol–water partition coefficient (Wildman–Crippen LogP) is 2.41. The van der Waals surface area contributed by atoms with Crippen LogP contribution in [0.3, 0.4) is 0 Å². The van der Waals surface area contributed by atoms with E-state index in [-0.39, 0.29) is 0 Å². The molecule has 0 bridgehead atoms. The van der Waals surface area contributed by atoms with Crippen LogP contribution in [0.1, 0.15) is 40.0 Å². The van der Waals surface area contributed by atoms with Gasteiger partial charge in [0.15, 0.2) is 0 Å². The molecule has 0 amide bonds. The first-order chi connectivity index (χ1) is 7.22.